The maximum atomic E-state index is 12.3. The SMILES string of the molecule is COc1cccc(OCc2cc(C(=O)NC(C)c3ccncn3)n[nH]2)c1. The lowest BCUT2D eigenvalue weighted by Gasteiger charge is -2.11. The molecule has 0 aliphatic carbocycles. The van der Waals surface area contributed by atoms with Crippen LogP contribution in [-0.2, 0) is 6.61 Å². The van der Waals surface area contributed by atoms with Crippen LogP contribution in [0.4, 0.5) is 0 Å². The minimum atomic E-state index is -0.292. The molecule has 0 fully saturated rings. The van der Waals surface area contributed by atoms with Crippen LogP contribution in [0.15, 0.2) is 48.9 Å². The van der Waals surface area contributed by atoms with Gasteiger partial charge >= 0.3 is 0 Å². The molecule has 2 N–H and O–H groups in total. The third kappa shape index (κ3) is 4.35. The fourth-order valence-corrected chi connectivity index (χ4v) is 2.31. The lowest BCUT2D eigenvalue weighted by Crippen LogP contribution is -2.27. The molecule has 0 bridgehead atoms. The summed E-state index contributed by atoms with van der Waals surface area (Å²) in [7, 11) is 1.60. The zero-order valence-corrected chi connectivity index (χ0v) is 14.5. The molecule has 1 atom stereocenters. The van der Waals surface area contributed by atoms with Gasteiger partial charge in [-0.2, -0.15) is 5.10 Å². The first-order chi connectivity index (χ1) is 12.7. The van der Waals surface area contributed by atoms with Gasteiger partial charge in [-0.3, -0.25) is 9.89 Å². The van der Waals surface area contributed by atoms with E-state index < -0.39 is 0 Å². The van der Waals surface area contributed by atoms with Crippen molar-refractivity contribution >= 4 is 5.91 Å². The van der Waals surface area contributed by atoms with E-state index in [2.05, 4.69) is 25.5 Å². The molecule has 26 heavy (non-hydrogen) atoms. The summed E-state index contributed by atoms with van der Waals surface area (Å²) in [6.45, 7) is 2.11. The van der Waals surface area contributed by atoms with Crippen LogP contribution in [0, 0.1) is 0 Å². The number of methoxy groups -OCH3 is 1. The number of H-pyrrole nitrogens is 1. The van der Waals surface area contributed by atoms with E-state index in [1.807, 2.05) is 25.1 Å². The summed E-state index contributed by atoms with van der Waals surface area (Å²) in [5.74, 6) is 1.09. The Hall–Kier alpha value is -3.42. The van der Waals surface area contributed by atoms with Crippen LogP contribution in [0.3, 0.4) is 0 Å². The van der Waals surface area contributed by atoms with Crippen LogP contribution >= 0.6 is 0 Å². The lowest BCUT2D eigenvalue weighted by atomic mass is 10.2. The van der Waals surface area contributed by atoms with Crippen molar-refractivity contribution in [3.05, 3.63) is 66.0 Å². The highest BCUT2D eigenvalue weighted by Crippen LogP contribution is 2.19. The highest BCUT2D eigenvalue weighted by atomic mass is 16.5. The Labute approximate surface area is 150 Å². The highest BCUT2D eigenvalue weighted by Gasteiger charge is 2.15. The fourth-order valence-electron chi connectivity index (χ4n) is 2.31. The van der Waals surface area contributed by atoms with Gasteiger partial charge in [-0.15, -0.1) is 0 Å². The van der Waals surface area contributed by atoms with Crippen molar-refractivity contribution in [3.8, 4) is 11.5 Å². The molecule has 0 saturated heterocycles. The van der Waals surface area contributed by atoms with Gasteiger partial charge < -0.3 is 14.8 Å². The number of hydrogen-bond acceptors (Lipinski definition) is 6. The second kappa shape index (κ2) is 8.11. The van der Waals surface area contributed by atoms with Crippen LogP contribution in [0.1, 0.15) is 34.8 Å². The van der Waals surface area contributed by atoms with Gasteiger partial charge in [0, 0.05) is 12.3 Å². The van der Waals surface area contributed by atoms with Crippen LogP contribution < -0.4 is 14.8 Å². The zero-order valence-electron chi connectivity index (χ0n) is 14.5. The Bertz CT molecular complexity index is 866. The van der Waals surface area contributed by atoms with Crippen molar-refractivity contribution in [1.29, 1.82) is 0 Å². The first kappa shape index (κ1) is 17.4. The number of aromatic nitrogens is 4. The first-order valence-electron chi connectivity index (χ1n) is 8.03. The summed E-state index contributed by atoms with van der Waals surface area (Å²) in [5.41, 5.74) is 1.70. The van der Waals surface area contributed by atoms with E-state index in [1.54, 1.807) is 31.5 Å². The third-order valence-corrected chi connectivity index (χ3v) is 3.70. The summed E-state index contributed by atoms with van der Waals surface area (Å²) in [6, 6.07) is 10.5. The third-order valence-electron chi connectivity index (χ3n) is 3.70. The summed E-state index contributed by atoms with van der Waals surface area (Å²) in [5, 5.41) is 9.69. The number of ether oxygens (including phenoxy) is 2. The maximum absolute atomic E-state index is 12.3. The van der Waals surface area contributed by atoms with Crippen molar-refractivity contribution in [2.45, 2.75) is 19.6 Å². The van der Waals surface area contributed by atoms with Gasteiger partial charge in [-0.1, -0.05) is 6.07 Å². The average Bonchev–Trinajstić information content (AvgIpc) is 3.16. The number of nitrogens with zero attached hydrogens (tertiary/aromatic N) is 3. The predicted octanol–water partition coefficient (Wildman–Crippen LogP) is 2.28. The van der Waals surface area contributed by atoms with E-state index in [9.17, 15) is 4.79 Å². The van der Waals surface area contributed by atoms with Crippen LogP contribution in [0.25, 0.3) is 0 Å². The van der Waals surface area contributed by atoms with Crippen LogP contribution in [0.5, 0.6) is 11.5 Å². The number of amides is 1. The zero-order chi connectivity index (χ0) is 18.4. The Balaban J connectivity index is 1.57. The average molecular weight is 353 g/mol. The number of nitrogens with one attached hydrogen (secondary N) is 2. The van der Waals surface area contributed by atoms with E-state index in [-0.39, 0.29) is 24.2 Å². The number of carbonyl (C=O) groups is 1. The monoisotopic (exact) mass is 353 g/mol. The molecule has 1 unspecified atom stereocenters. The summed E-state index contributed by atoms with van der Waals surface area (Å²) >= 11 is 0. The summed E-state index contributed by atoms with van der Waals surface area (Å²) in [6.07, 6.45) is 3.08. The van der Waals surface area contributed by atoms with E-state index >= 15 is 0 Å². The van der Waals surface area contributed by atoms with E-state index in [4.69, 9.17) is 9.47 Å². The second-order valence-electron chi connectivity index (χ2n) is 5.58. The predicted molar refractivity (Wildman–Crippen MR) is 93.8 cm³/mol. The quantitative estimate of drug-likeness (QED) is 0.676. The second-order valence-corrected chi connectivity index (χ2v) is 5.58. The molecule has 0 aliphatic heterocycles. The molecule has 8 nitrogen and oxygen atoms in total. The van der Waals surface area contributed by atoms with Crippen molar-refractivity contribution in [3.63, 3.8) is 0 Å². The summed E-state index contributed by atoms with van der Waals surface area (Å²) in [4.78, 5) is 20.3. The fraction of sp³-hybridized carbons (Fsp3) is 0.222. The number of benzene rings is 1. The first-order valence-corrected chi connectivity index (χ1v) is 8.03. The topological polar surface area (TPSA) is 102 Å². The molecule has 3 aromatic rings. The van der Waals surface area contributed by atoms with Gasteiger partial charge in [0.05, 0.1) is 24.5 Å². The molecule has 134 valence electrons. The smallest absolute Gasteiger partial charge is 0.272 e. The molecule has 3 rings (SSSR count). The Morgan fingerprint density at radius 2 is 2.12 bits per heavy atom. The van der Waals surface area contributed by atoms with Crippen molar-refractivity contribution in [2.75, 3.05) is 7.11 Å². The van der Waals surface area contributed by atoms with Gasteiger partial charge in [-0.05, 0) is 31.2 Å². The normalized spacial score (nSPS) is 11.6. The standard InChI is InChI=1S/C18H19N5O3/c1-12(16-6-7-19-11-20-16)21-18(24)17-8-13(22-23-17)10-26-15-5-3-4-14(9-15)25-2/h3-9,11-12H,10H2,1-2H3,(H,21,24)(H,22,23). The van der Waals surface area contributed by atoms with E-state index in [0.717, 1.165) is 5.69 Å². The maximum Gasteiger partial charge on any atom is 0.272 e. The van der Waals surface area contributed by atoms with E-state index in [0.29, 0.717) is 17.2 Å². The molecule has 0 radical (unpaired) electrons. The van der Waals surface area contributed by atoms with Crippen molar-refractivity contribution in [2.24, 2.45) is 0 Å². The molecule has 1 aromatic carbocycles. The molecular formula is C18H19N5O3. The van der Waals surface area contributed by atoms with Gasteiger partial charge in [0.1, 0.15) is 30.1 Å². The molecular weight excluding hydrogens is 334 g/mol. The number of carbonyl (C=O) groups excluding carboxylic acids is 1. The molecule has 2 aromatic heterocycles. The number of aromatic amines is 1. The molecule has 2 heterocycles. The molecule has 8 heteroatoms. The number of rotatable bonds is 7. The Kier molecular flexibility index (Phi) is 5.43. The number of hydrogen-bond donors (Lipinski definition) is 2. The van der Waals surface area contributed by atoms with Gasteiger partial charge in [0.15, 0.2) is 0 Å². The summed E-state index contributed by atoms with van der Waals surface area (Å²) < 4.78 is 10.8. The lowest BCUT2D eigenvalue weighted by molar-refractivity contribution is 0.0934. The van der Waals surface area contributed by atoms with Gasteiger partial charge in [0.2, 0.25) is 0 Å². The minimum Gasteiger partial charge on any atom is -0.497 e. The van der Waals surface area contributed by atoms with Crippen molar-refractivity contribution in [1.82, 2.24) is 25.5 Å². The van der Waals surface area contributed by atoms with Crippen LogP contribution in [-0.4, -0.2) is 33.2 Å². The molecule has 0 saturated carbocycles. The minimum absolute atomic E-state index is 0.251. The molecule has 0 aliphatic rings. The molecule has 1 amide bonds. The van der Waals surface area contributed by atoms with Crippen molar-refractivity contribution < 1.29 is 14.3 Å². The highest BCUT2D eigenvalue weighted by molar-refractivity contribution is 5.92. The van der Waals surface area contributed by atoms with Gasteiger partial charge in [0.25, 0.3) is 5.91 Å². The Morgan fingerprint density at radius 3 is 2.88 bits per heavy atom. The largest absolute Gasteiger partial charge is 0.497 e. The Morgan fingerprint density at radius 1 is 1.27 bits per heavy atom. The van der Waals surface area contributed by atoms with Crippen LogP contribution in [0.2, 0.25) is 0 Å². The van der Waals surface area contributed by atoms with E-state index in [1.165, 1.54) is 6.33 Å². The molecule has 0 spiro atoms. The van der Waals surface area contributed by atoms with Gasteiger partial charge in [-0.25, -0.2) is 9.97 Å².